The number of quaternary nitrogens is 1. The molecule has 0 aliphatic heterocycles. The topological polar surface area (TPSA) is 62.6 Å². The molecule has 25 heavy (non-hydrogen) atoms. The first-order valence-electron chi connectivity index (χ1n) is 9.36. The van der Waals surface area contributed by atoms with E-state index in [4.69, 9.17) is 0 Å². The van der Waals surface area contributed by atoms with Crippen LogP contribution in [0.15, 0.2) is 18.2 Å². The first kappa shape index (κ1) is 19.4. The summed E-state index contributed by atoms with van der Waals surface area (Å²) in [7, 11) is 1.99. The summed E-state index contributed by atoms with van der Waals surface area (Å²) in [5.74, 6) is -0.226. The summed E-state index contributed by atoms with van der Waals surface area (Å²) in [6.07, 6.45) is 5.56. The molecular weight excluding hydrogens is 314 g/mol. The molecule has 1 aliphatic rings. The Morgan fingerprint density at radius 3 is 2.52 bits per heavy atom. The van der Waals surface area contributed by atoms with Gasteiger partial charge in [0, 0.05) is 11.6 Å². The number of nitrogens with one attached hydrogen (secondary N) is 3. The van der Waals surface area contributed by atoms with Gasteiger partial charge in [0.25, 0.3) is 5.91 Å². The van der Waals surface area contributed by atoms with E-state index in [-0.39, 0.29) is 24.0 Å². The van der Waals surface area contributed by atoms with Crippen LogP contribution in [0, 0.1) is 13.8 Å². The SMILES string of the molecule is Cc1ccc(C[NH+](C)[C@@H](C)C(=O)NC(=O)NC2CCCCC2)c(C)c1. The number of likely N-dealkylation sites (N-methyl/N-ethyl adjacent to an activating group) is 1. The summed E-state index contributed by atoms with van der Waals surface area (Å²) in [6, 6.07) is 5.93. The van der Waals surface area contributed by atoms with E-state index in [1.807, 2.05) is 14.0 Å². The largest absolute Gasteiger partial charge is 0.335 e. The van der Waals surface area contributed by atoms with E-state index in [9.17, 15) is 9.59 Å². The number of rotatable bonds is 5. The van der Waals surface area contributed by atoms with Crippen molar-refractivity contribution in [1.29, 1.82) is 0 Å². The van der Waals surface area contributed by atoms with Gasteiger partial charge in [-0.05, 0) is 39.2 Å². The zero-order valence-electron chi connectivity index (χ0n) is 15.9. The lowest BCUT2D eigenvalue weighted by Crippen LogP contribution is -3.12. The van der Waals surface area contributed by atoms with Crippen molar-refractivity contribution in [3.8, 4) is 0 Å². The number of urea groups is 1. The average molecular weight is 346 g/mol. The number of hydrogen-bond acceptors (Lipinski definition) is 2. The minimum absolute atomic E-state index is 0.206. The van der Waals surface area contributed by atoms with Crippen LogP contribution in [-0.4, -0.2) is 31.1 Å². The highest BCUT2D eigenvalue weighted by atomic mass is 16.2. The summed E-state index contributed by atoms with van der Waals surface area (Å²) in [4.78, 5) is 25.5. The first-order valence-corrected chi connectivity index (χ1v) is 9.36. The number of imide groups is 1. The molecule has 3 N–H and O–H groups in total. The van der Waals surface area contributed by atoms with Crippen LogP contribution in [0.4, 0.5) is 4.79 Å². The van der Waals surface area contributed by atoms with Crippen LogP contribution in [0.2, 0.25) is 0 Å². The van der Waals surface area contributed by atoms with Gasteiger partial charge in [-0.2, -0.15) is 0 Å². The van der Waals surface area contributed by atoms with Gasteiger partial charge in [0.2, 0.25) is 0 Å². The van der Waals surface area contributed by atoms with Gasteiger partial charge in [0.05, 0.1) is 7.05 Å². The molecule has 0 aromatic heterocycles. The highest BCUT2D eigenvalue weighted by Gasteiger charge is 2.25. The van der Waals surface area contributed by atoms with Gasteiger partial charge in [-0.1, -0.05) is 43.0 Å². The van der Waals surface area contributed by atoms with E-state index in [2.05, 4.69) is 42.7 Å². The third-order valence-corrected chi connectivity index (χ3v) is 5.28. The number of carbonyl (C=O) groups excluding carboxylic acids is 2. The maximum atomic E-state index is 12.4. The van der Waals surface area contributed by atoms with Crippen molar-refractivity contribution in [3.63, 3.8) is 0 Å². The van der Waals surface area contributed by atoms with Crippen molar-refractivity contribution in [2.75, 3.05) is 7.05 Å². The monoisotopic (exact) mass is 346 g/mol. The lowest BCUT2D eigenvalue weighted by Gasteiger charge is -2.24. The van der Waals surface area contributed by atoms with Gasteiger partial charge in [0.15, 0.2) is 6.04 Å². The molecule has 0 radical (unpaired) electrons. The fourth-order valence-corrected chi connectivity index (χ4v) is 3.41. The highest BCUT2D eigenvalue weighted by Crippen LogP contribution is 2.17. The fourth-order valence-electron chi connectivity index (χ4n) is 3.41. The average Bonchev–Trinajstić information content (AvgIpc) is 2.57. The summed E-state index contributed by atoms with van der Waals surface area (Å²) in [6.45, 7) is 6.79. The molecule has 1 unspecified atom stereocenters. The van der Waals surface area contributed by atoms with Gasteiger partial charge in [-0.25, -0.2) is 4.79 Å². The molecule has 1 aromatic carbocycles. The predicted octanol–water partition coefficient (Wildman–Crippen LogP) is 1.87. The number of carbonyl (C=O) groups is 2. The second-order valence-electron chi connectivity index (χ2n) is 7.47. The minimum Gasteiger partial charge on any atom is -0.335 e. The van der Waals surface area contributed by atoms with Gasteiger partial charge < -0.3 is 10.2 Å². The maximum Gasteiger partial charge on any atom is 0.321 e. The Bertz CT molecular complexity index is 609. The third kappa shape index (κ3) is 5.85. The molecule has 0 heterocycles. The van der Waals surface area contributed by atoms with Crippen molar-refractivity contribution in [2.24, 2.45) is 0 Å². The van der Waals surface area contributed by atoms with Crippen molar-refractivity contribution < 1.29 is 14.5 Å². The molecule has 5 heteroatoms. The molecule has 2 rings (SSSR count). The molecular formula is C20H32N3O2+. The highest BCUT2D eigenvalue weighted by molar-refractivity contribution is 5.96. The second kappa shape index (κ2) is 8.99. The Morgan fingerprint density at radius 1 is 1.20 bits per heavy atom. The predicted molar refractivity (Wildman–Crippen MR) is 99.5 cm³/mol. The lowest BCUT2D eigenvalue weighted by molar-refractivity contribution is -0.908. The molecule has 1 aromatic rings. The molecule has 2 atom stereocenters. The zero-order chi connectivity index (χ0) is 18.4. The van der Waals surface area contributed by atoms with Gasteiger partial charge >= 0.3 is 6.03 Å². The van der Waals surface area contributed by atoms with Crippen LogP contribution in [0.25, 0.3) is 0 Å². The molecule has 1 fully saturated rings. The molecule has 0 spiro atoms. The van der Waals surface area contributed by atoms with Crippen LogP contribution in [0.5, 0.6) is 0 Å². The Kier molecular flexibility index (Phi) is 7.00. The van der Waals surface area contributed by atoms with Crippen molar-refractivity contribution in [3.05, 3.63) is 34.9 Å². The van der Waals surface area contributed by atoms with E-state index in [1.54, 1.807) is 0 Å². The maximum absolute atomic E-state index is 12.4. The number of amides is 3. The molecule has 138 valence electrons. The standard InChI is InChI=1S/C20H31N3O2/c1-14-10-11-17(15(2)12-14)13-23(4)16(3)19(24)22-20(25)21-18-8-6-5-7-9-18/h10-12,16,18H,5-9,13H2,1-4H3,(H2,21,22,24,25)/p+1/t16-/m0/s1. The summed E-state index contributed by atoms with van der Waals surface area (Å²) in [5.41, 5.74) is 3.71. The van der Waals surface area contributed by atoms with Gasteiger partial charge in [-0.3, -0.25) is 10.1 Å². The fraction of sp³-hybridized carbons (Fsp3) is 0.600. The van der Waals surface area contributed by atoms with E-state index in [1.165, 1.54) is 23.1 Å². The van der Waals surface area contributed by atoms with Gasteiger partial charge in [-0.15, -0.1) is 0 Å². The summed E-state index contributed by atoms with van der Waals surface area (Å²) < 4.78 is 0. The van der Waals surface area contributed by atoms with Crippen LogP contribution >= 0.6 is 0 Å². The summed E-state index contributed by atoms with van der Waals surface area (Å²) >= 11 is 0. The first-order chi connectivity index (χ1) is 11.9. The van der Waals surface area contributed by atoms with Crippen molar-refractivity contribution in [2.45, 2.75) is 71.5 Å². The van der Waals surface area contributed by atoms with Gasteiger partial charge in [0.1, 0.15) is 6.54 Å². The molecule has 3 amide bonds. The second-order valence-corrected chi connectivity index (χ2v) is 7.47. The number of benzene rings is 1. The van der Waals surface area contributed by atoms with Crippen LogP contribution in [0.1, 0.15) is 55.7 Å². The number of aryl methyl sites for hydroxylation is 2. The Balaban J connectivity index is 1.84. The van der Waals surface area contributed by atoms with E-state index >= 15 is 0 Å². The van der Waals surface area contributed by atoms with Crippen LogP contribution < -0.4 is 15.5 Å². The quantitative estimate of drug-likeness (QED) is 0.762. The van der Waals surface area contributed by atoms with Crippen LogP contribution in [-0.2, 0) is 11.3 Å². The van der Waals surface area contributed by atoms with E-state index in [0.717, 1.165) is 37.1 Å². The van der Waals surface area contributed by atoms with Crippen LogP contribution in [0.3, 0.4) is 0 Å². The Hall–Kier alpha value is -1.88. The number of hydrogen-bond donors (Lipinski definition) is 3. The minimum atomic E-state index is -0.358. The Morgan fingerprint density at radius 2 is 1.88 bits per heavy atom. The van der Waals surface area contributed by atoms with Crippen molar-refractivity contribution in [1.82, 2.24) is 10.6 Å². The Labute approximate surface area is 151 Å². The molecule has 5 nitrogen and oxygen atoms in total. The zero-order valence-corrected chi connectivity index (χ0v) is 15.9. The van der Waals surface area contributed by atoms with E-state index < -0.39 is 0 Å². The normalized spacial score (nSPS) is 17.6. The third-order valence-electron chi connectivity index (χ3n) is 5.28. The molecule has 1 aliphatic carbocycles. The molecule has 0 saturated heterocycles. The summed E-state index contributed by atoms with van der Waals surface area (Å²) in [5, 5.41) is 5.44. The smallest absolute Gasteiger partial charge is 0.321 e. The lowest BCUT2D eigenvalue weighted by atomic mass is 9.96. The molecule has 0 bridgehead atoms. The van der Waals surface area contributed by atoms with E-state index in [0.29, 0.717) is 0 Å². The van der Waals surface area contributed by atoms with Crippen molar-refractivity contribution >= 4 is 11.9 Å². The molecule has 1 saturated carbocycles.